The fourth-order valence-electron chi connectivity index (χ4n) is 3.52. The first-order valence-corrected chi connectivity index (χ1v) is 9.77. The highest BCUT2D eigenvalue weighted by Gasteiger charge is 2.30. The summed E-state index contributed by atoms with van der Waals surface area (Å²) in [5, 5.41) is 0. The van der Waals surface area contributed by atoms with E-state index < -0.39 is 4.75 Å². The van der Waals surface area contributed by atoms with Gasteiger partial charge in [-0.1, -0.05) is 61.7 Å². The number of carbonyl (C=O) groups excluding carboxylic acids is 1. The van der Waals surface area contributed by atoms with Gasteiger partial charge in [-0.25, -0.2) is 0 Å². The van der Waals surface area contributed by atoms with E-state index in [0.29, 0.717) is 5.92 Å². The SMILES string of the molecule is CC(C)(Sc1ccccc1)C(=O)c1ccc(C2CCCCC2)cc1. The molecule has 1 nitrogen and oxygen atoms in total. The highest BCUT2D eigenvalue weighted by atomic mass is 32.2. The van der Waals surface area contributed by atoms with E-state index in [4.69, 9.17) is 0 Å². The first kappa shape index (κ1) is 17.3. The number of thioether (sulfide) groups is 1. The van der Waals surface area contributed by atoms with Gasteiger partial charge in [0.15, 0.2) is 5.78 Å². The van der Waals surface area contributed by atoms with Crippen LogP contribution in [0, 0.1) is 0 Å². The molecule has 0 heterocycles. The molecule has 0 saturated heterocycles. The lowest BCUT2D eigenvalue weighted by Gasteiger charge is -2.24. The fraction of sp³-hybridized carbons (Fsp3) is 0.409. The molecule has 0 bridgehead atoms. The predicted octanol–water partition coefficient (Wildman–Crippen LogP) is 6.49. The molecule has 0 aromatic heterocycles. The smallest absolute Gasteiger partial charge is 0.178 e. The molecular weight excluding hydrogens is 312 g/mol. The van der Waals surface area contributed by atoms with Crippen molar-refractivity contribution in [2.45, 2.75) is 61.5 Å². The van der Waals surface area contributed by atoms with Crippen LogP contribution in [-0.4, -0.2) is 10.5 Å². The summed E-state index contributed by atoms with van der Waals surface area (Å²) in [6, 6.07) is 18.6. The molecule has 0 atom stereocenters. The van der Waals surface area contributed by atoms with Crippen molar-refractivity contribution in [1.82, 2.24) is 0 Å². The van der Waals surface area contributed by atoms with Crippen LogP contribution >= 0.6 is 11.8 Å². The lowest BCUT2D eigenvalue weighted by molar-refractivity contribution is 0.0958. The molecule has 126 valence electrons. The van der Waals surface area contributed by atoms with Crippen LogP contribution in [0.1, 0.15) is 67.8 Å². The number of rotatable bonds is 5. The summed E-state index contributed by atoms with van der Waals surface area (Å²) in [4.78, 5) is 14.1. The Hall–Kier alpha value is -1.54. The molecule has 1 aliphatic rings. The molecule has 0 aliphatic heterocycles. The molecule has 2 aromatic carbocycles. The van der Waals surface area contributed by atoms with E-state index in [1.165, 1.54) is 37.7 Å². The second kappa shape index (κ2) is 7.57. The molecule has 2 aromatic rings. The number of hydrogen-bond acceptors (Lipinski definition) is 2. The molecular formula is C22H26OS. The Morgan fingerprint density at radius 1 is 0.917 bits per heavy atom. The Kier molecular flexibility index (Phi) is 5.45. The van der Waals surface area contributed by atoms with Gasteiger partial charge >= 0.3 is 0 Å². The Morgan fingerprint density at radius 3 is 2.17 bits per heavy atom. The zero-order valence-corrected chi connectivity index (χ0v) is 15.4. The summed E-state index contributed by atoms with van der Waals surface area (Å²) in [6.45, 7) is 4.03. The molecule has 0 amide bonds. The van der Waals surface area contributed by atoms with Gasteiger partial charge in [0.25, 0.3) is 0 Å². The topological polar surface area (TPSA) is 17.1 Å². The zero-order valence-electron chi connectivity index (χ0n) is 14.6. The van der Waals surface area contributed by atoms with E-state index in [9.17, 15) is 4.79 Å². The highest BCUT2D eigenvalue weighted by Crippen LogP contribution is 2.36. The minimum Gasteiger partial charge on any atom is -0.293 e. The van der Waals surface area contributed by atoms with Gasteiger partial charge in [-0.3, -0.25) is 4.79 Å². The summed E-state index contributed by atoms with van der Waals surface area (Å²) in [6.07, 6.45) is 6.64. The molecule has 0 spiro atoms. The molecule has 1 fully saturated rings. The molecule has 1 aliphatic carbocycles. The number of Topliss-reactive ketones (excluding diaryl/α,β-unsaturated/α-hetero) is 1. The first-order chi connectivity index (χ1) is 11.6. The maximum atomic E-state index is 12.9. The van der Waals surface area contributed by atoms with Crippen molar-refractivity contribution in [3.8, 4) is 0 Å². The predicted molar refractivity (Wildman–Crippen MR) is 103 cm³/mol. The summed E-state index contributed by atoms with van der Waals surface area (Å²) >= 11 is 1.63. The maximum Gasteiger partial charge on any atom is 0.178 e. The molecule has 0 unspecified atom stereocenters. The van der Waals surface area contributed by atoms with E-state index in [2.05, 4.69) is 24.3 Å². The van der Waals surface area contributed by atoms with Crippen LogP contribution in [-0.2, 0) is 0 Å². The Labute approximate surface area is 149 Å². The van der Waals surface area contributed by atoms with Crippen molar-refractivity contribution in [1.29, 1.82) is 0 Å². The first-order valence-electron chi connectivity index (χ1n) is 8.95. The van der Waals surface area contributed by atoms with Gasteiger partial charge in [0.05, 0.1) is 4.75 Å². The van der Waals surface area contributed by atoms with Gasteiger partial charge in [-0.05, 0) is 50.3 Å². The minimum absolute atomic E-state index is 0.201. The number of ketones is 1. The second-order valence-corrected chi connectivity index (χ2v) is 8.91. The van der Waals surface area contributed by atoms with Crippen LogP contribution in [0.5, 0.6) is 0 Å². The molecule has 0 N–H and O–H groups in total. The van der Waals surface area contributed by atoms with E-state index >= 15 is 0 Å². The molecule has 0 radical (unpaired) electrons. The monoisotopic (exact) mass is 338 g/mol. The summed E-state index contributed by atoms with van der Waals surface area (Å²) in [5.41, 5.74) is 2.22. The molecule has 24 heavy (non-hydrogen) atoms. The third-order valence-electron chi connectivity index (χ3n) is 4.91. The van der Waals surface area contributed by atoms with E-state index in [0.717, 1.165) is 10.5 Å². The van der Waals surface area contributed by atoms with Crippen LogP contribution in [0.25, 0.3) is 0 Å². The second-order valence-electron chi connectivity index (χ2n) is 7.21. The minimum atomic E-state index is -0.465. The molecule has 2 heteroatoms. The van der Waals surface area contributed by atoms with Gasteiger partial charge in [0.1, 0.15) is 0 Å². The van der Waals surface area contributed by atoms with Crippen LogP contribution in [0.3, 0.4) is 0 Å². The number of hydrogen-bond donors (Lipinski definition) is 0. The molecule has 1 saturated carbocycles. The standard InChI is InChI=1S/C22H26OS/c1-22(2,24-20-11-7-4-8-12-20)21(23)19-15-13-18(14-16-19)17-9-5-3-6-10-17/h4,7-8,11-17H,3,5-6,9-10H2,1-2H3. The van der Waals surface area contributed by atoms with Crippen molar-refractivity contribution in [3.63, 3.8) is 0 Å². The Bertz CT molecular complexity index is 667. The average Bonchev–Trinajstić information content (AvgIpc) is 2.62. The molecule has 3 rings (SSSR count). The fourth-order valence-corrected chi connectivity index (χ4v) is 4.61. The van der Waals surface area contributed by atoms with Crippen molar-refractivity contribution < 1.29 is 4.79 Å². The summed E-state index contributed by atoms with van der Waals surface area (Å²) in [7, 11) is 0. The zero-order chi connectivity index (χ0) is 17.0. The Balaban J connectivity index is 1.71. The van der Waals surface area contributed by atoms with Crippen molar-refractivity contribution >= 4 is 17.5 Å². The van der Waals surface area contributed by atoms with Crippen molar-refractivity contribution in [2.24, 2.45) is 0 Å². The van der Waals surface area contributed by atoms with Gasteiger partial charge in [-0.15, -0.1) is 11.8 Å². The van der Waals surface area contributed by atoms with Crippen LogP contribution in [0.2, 0.25) is 0 Å². The van der Waals surface area contributed by atoms with E-state index in [1.807, 2.05) is 44.2 Å². The maximum absolute atomic E-state index is 12.9. The van der Waals surface area contributed by atoms with Gasteiger partial charge in [0.2, 0.25) is 0 Å². The normalized spacial score (nSPS) is 16.1. The van der Waals surface area contributed by atoms with Crippen molar-refractivity contribution in [2.75, 3.05) is 0 Å². The van der Waals surface area contributed by atoms with Crippen LogP contribution in [0.15, 0.2) is 59.5 Å². The van der Waals surface area contributed by atoms with E-state index in [-0.39, 0.29) is 5.78 Å². The third kappa shape index (κ3) is 4.10. The average molecular weight is 339 g/mol. The highest BCUT2D eigenvalue weighted by molar-refractivity contribution is 8.01. The van der Waals surface area contributed by atoms with Crippen LogP contribution in [0.4, 0.5) is 0 Å². The van der Waals surface area contributed by atoms with Gasteiger partial charge in [-0.2, -0.15) is 0 Å². The van der Waals surface area contributed by atoms with E-state index in [1.54, 1.807) is 11.8 Å². The van der Waals surface area contributed by atoms with Crippen LogP contribution < -0.4 is 0 Å². The lowest BCUT2D eigenvalue weighted by Crippen LogP contribution is -2.27. The summed E-state index contributed by atoms with van der Waals surface area (Å²) < 4.78 is -0.465. The van der Waals surface area contributed by atoms with Gasteiger partial charge in [0, 0.05) is 10.5 Å². The quantitative estimate of drug-likeness (QED) is 0.458. The largest absolute Gasteiger partial charge is 0.293 e. The Morgan fingerprint density at radius 2 is 1.54 bits per heavy atom. The van der Waals surface area contributed by atoms with Crippen molar-refractivity contribution in [3.05, 3.63) is 65.7 Å². The number of carbonyl (C=O) groups is 1. The van der Waals surface area contributed by atoms with Gasteiger partial charge < -0.3 is 0 Å². The third-order valence-corrected chi connectivity index (χ3v) is 6.12. The lowest BCUT2D eigenvalue weighted by atomic mass is 9.83. The number of benzene rings is 2. The summed E-state index contributed by atoms with van der Waals surface area (Å²) in [5.74, 6) is 0.890.